The Balaban J connectivity index is 3.22. The van der Waals surface area contributed by atoms with Gasteiger partial charge in [-0.15, -0.1) is 0 Å². The molecule has 6 heteroatoms. The lowest BCUT2D eigenvalue weighted by atomic mass is 10.2. The molecule has 0 saturated heterocycles. The predicted molar refractivity (Wildman–Crippen MR) is 57.0 cm³/mol. The molecule has 80 valence electrons. The summed E-state index contributed by atoms with van der Waals surface area (Å²) in [4.78, 5) is 2.72. The summed E-state index contributed by atoms with van der Waals surface area (Å²) >= 11 is 5.83. The van der Waals surface area contributed by atoms with Gasteiger partial charge in [0, 0.05) is 35.4 Å². The summed E-state index contributed by atoms with van der Waals surface area (Å²) in [5, 5.41) is 4.06. The maximum Gasteiger partial charge on any atom is 0.183 e. The van der Waals surface area contributed by atoms with Gasteiger partial charge in [-0.05, 0) is 17.7 Å². The molecule has 0 atom stereocenters. The fraction of sp³-hybridized carbons (Fsp3) is 0.333. The standard InChI is InChI=1S/C9H10ClN3O2/c1-14-9(15-2)7-5-6(10)3-4-8(7)12-13-11/h3-5,9H,1-2H3. The van der Waals surface area contributed by atoms with Crippen molar-refractivity contribution in [2.24, 2.45) is 5.11 Å². The highest BCUT2D eigenvalue weighted by Crippen LogP contribution is 2.30. The van der Waals surface area contributed by atoms with Crippen LogP contribution in [0.3, 0.4) is 0 Å². The molecule has 0 saturated carbocycles. The van der Waals surface area contributed by atoms with Crippen molar-refractivity contribution in [3.05, 3.63) is 39.2 Å². The first-order chi connectivity index (χ1) is 7.22. The van der Waals surface area contributed by atoms with Crippen LogP contribution in [-0.4, -0.2) is 14.2 Å². The van der Waals surface area contributed by atoms with Gasteiger partial charge in [0.2, 0.25) is 0 Å². The van der Waals surface area contributed by atoms with Crippen LogP contribution in [0, 0.1) is 0 Å². The van der Waals surface area contributed by atoms with E-state index < -0.39 is 6.29 Å². The molecule has 0 amide bonds. The van der Waals surface area contributed by atoms with Gasteiger partial charge in [-0.25, -0.2) is 0 Å². The van der Waals surface area contributed by atoms with Gasteiger partial charge < -0.3 is 9.47 Å². The van der Waals surface area contributed by atoms with Crippen molar-refractivity contribution in [2.45, 2.75) is 6.29 Å². The summed E-state index contributed by atoms with van der Waals surface area (Å²) in [7, 11) is 2.99. The van der Waals surface area contributed by atoms with E-state index in [0.717, 1.165) is 0 Å². The molecule has 0 unspecified atom stereocenters. The van der Waals surface area contributed by atoms with E-state index in [2.05, 4.69) is 10.0 Å². The molecule has 5 nitrogen and oxygen atoms in total. The van der Waals surface area contributed by atoms with E-state index in [1.54, 1.807) is 18.2 Å². The average Bonchev–Trinajstić information content (AvgIpc) is 2.24. The highest BCUT2D eigenvalue weighted by Gasteiger charge is 2.13. The Morgan fingerprint density at radius 1 is 1.40 bits per heavy atom. The normalized spacial score (nSPS) is 10.1. The van der Waals surface area contributed by atoms with Crippen molar-refractivity contribution in [3.63, 3.8) is 0 Å². The number of hydrogen-bond acceptors (Lipinski definition) is 3. The van der Waals surface area contributed by atoms with E-state index >= 15 is 0 Å². The molecule has 1 aromatic carbocycles. The highest BCUT2D eigenvalue weighted by atomic mass is 35.5. The van der Waals surface area contributed by atoms with Crippen molar-refractivity contribution in [3.8, 4) is 0 Å². The Morgan fingerprint density at radius 2 is 2.07 bits per heavy atom. The monoisotopic (exact) mass is 227 g/mol. The minimum atomic E-state index is -0.593. The molecule has 0 aliphatic carbocycles. The summed E-state index contributed by atoms with van der Waals surface area (Å²) in [6.45, 7) is 0. The number of ether oxygens (including phenoxy) is 2. The van der Waals surface area contributed by atoms with Crippen molar-refractivity contribution in [2.75, 3.05) is 14.2 Å². The summed E-state index contributed by atoms with van der Waals surface area (Å²) in [5.41, 5.74) is 9.43. The minimum absolute atomic E-state index is 0.440. The molecule has 0 aliphatic heterocycles. The Bertz CT molecular complexity index is 387. The number of halogens is 1. The number of azide groups is 1. The van der Waals surface area contributed by atoms with Crippen molar-refractivity contribution in [1.82, 2.24) is 0 Å². The van der Waals surface area contributed by atoms with Crippen LogP contribution >= 0.6 is 11.6 Å². The van der Waals surface area contributed by atoms with Gasteiger partial charge in [-0.3, -0.25) is 0 Å². The van der Waals surface area contributed by atoms with Gasteiger partial charge in [-0.1, -0.05) is 22.8 Å². The number of nitrogens with zero attached hydrogens (tertiary/aromatic N) is 3. The van der Waals surface area contributed by atoms with Crippen LogP contribution < -0.4 is 0 Å². The summed E-state index contributed by atoms with van der Waals surface area (Å²) in [6.07, 6.45) is -0.593. The van der Waals surface area contributed by atoms with Crippen LogP contribution in [0.5, 0.6) is 0 Å². The molecule has 0 bridgehead atoms. The zero-order valence-corrected chi connectivity index (χ0v) is 9.10. The largest absolute Gasteiger partial charge is 0.352 e. The van der Waals surface area contributed by atoms with Crippen LogP contribution in [0.1, 0.15) is 11.9 Å². The fourth-order valence-electron chi connectivity index (χ4n) is 1.20. The highest BCUT2D eigenvalue weighted by molar-refractivity contribution is 6.30. The Morgan fingerprint density at radius 3 is 2.60 bits per heavy atom. The first-order valence-electron chi connectivity index (χ1n) is 4.13. The maximum absolute atomic E-state index is 8.38. The maximum atomic E-state index is 8.38. The minimum Gasteiger partial charge on any atom is -0.352 e. The molecule has 0 N–H and O–H groups in total. The third-order valence-corrected chi connectivity index (χ3v) is 2.06. The van der Waals surface area contributed by atoms with Crippen molar-refractivity contribution < 1.29 is 9.47 Å². The van der Waals surface area contributed by atoms with Crippen LogP contribution in [-0.2, 0) is 9.47 Å². The molecule has 0 aliphatic rings. The van der Waals surface area contributed by atoms with Gasteiger partial charge in [0.1, 0.15) is 0 Å². The van der Waals surface area contributed by atoms with E-state index in [9.17, 15) is 0 Å². The Labute approximate surface area is 92.2 Å². The molecular formula is C9H10ClN3O2. The third-order valence-electron chi connectivity index (χ3n) is 1.82. The zero-order valence-electron chi connectivity index (χ0n) is 8.35. The van der Waals surface area contributed by atoms with Gasteiger partial charge >= 0.3 is 0 Å². The molecule has 1 rings (SSSR count). The van der Waals surface area contributed by atoms with E-state index in [1.807, 2.05) is 0 Å². The van der Waals surface area contributed by atoms with Crippen LogP contribution in [0.4, 0.5) is 5.69 Å². The van der Waals surface area contributed by atoms with Crippen molar-refractivity contribution in [1.29, 1.82) is 0 Å². The molecule has 0 spiro atoms. The summed E-state index contributed by atoms with van der Waals surface area (Å²) in [6, 6.07) is 4.89. The second-order valence-corrected chi connectivity index (χ2v) is 3.13. The molecule has 15 heavy (non-hydrogen) atoms. The number of methoxy groups -OCH3 is 2. The average molecular weight is 228 g/mol. The lowest BCUT2D eigenvalue weighted by molar-refractivity contribution is -0.105. The van der Waals surface area contributed by atoms with E-state index in [0.29, 0.717) is 16.3 Å². The van der Waals surface area contributed by atoms with E-state index in [4.69, 9.17) is 26.6 Å². The number of rotatable bonds is 4. The lowest BCUT2D eigenvalue weighted by Crippen LogP contribution is -2.03. The third kappa shape index (κ3) is 2.84. The smallest absolute Gasteiger partial charge is 0.183 e. The number of hydrogen-bond donors (Lipinski definition) is 0. The zero-order chi connectivity index (χ0) is 11.3. The predicted octanol–water partition coefficient (Wildman–Crippen LogP) is 3.57. The fourth-order valence-corrected chi connectivity index (χ4v) is 1.38. The first-order valence-corrected chi connectivity index (χ1v) is 4.51. The SMILES string of the molecule is COC(OC)c1cc(Cl)ccc1N=[N+]=[N-]. The van der Waals surface area contributed by atoms with Gasteiger partial charge in [0.25, 0.3) is 0 Å². The first kappa shape index (κ1) is 11.8. The second kappa shape index (κ2) is 5.58. The molecule has 0 fully saturated rings. The van der Waals surface area contributed by atoms with Gasteiger partial charge in [0.15, 0.2) is 6.29 Å². The van der Waals surface area contributed by atoms with E-state index in [-0.39, 0.29) is 0 Å². The second-order valence-electron chi connectivity index (χ2n) is 2.70. The summed E-state index contributed by atoms with van der Waals surface area (Å²) < 4.78 is 10.1. The molecular weight excluding hydrogens is 218 g/mol. The van der Waals surface area contributed by atoms with Crippen LogP contribution in [0.15, 0.2) is 23.3 Å². The van der Waals surface area contributed by atoms with Crippen LogP contribution in [0.2, 0.25) is 5.02 Å². The lowest BCUT2D eigenvalue weighted by Gasteiger charge is -2.15. The van der Waals surface area contributed by atoms with Crippen molar-refractivity contribution >= 4 is 17.3 Å². The molecule has 1 aromatic rings. The topological polar surface area (TPSA) is 67.2 Å². The molecule has 0 heterocycles. The molecule has 0 radical (unpaired) electrons. The number of benzene rings is 1. The van der Waals surface area contributed by atoms with E-state index in [1.165, 1.54) is 14.2 Å². The Kier molecular flexibility index (Phi) is 4.39. The summed E-state index contributed by atoms with van der Waals surface area (Å²) in [5.74, 6) is 0. The Hall–Kier alpha value is -1.26. The van der Waals surface area contributed by atoms with Gasteiger partial charge in [0.05, 0.1) is 0 Å². The van der Waals surface area contributed by atoms with Crippen LogP contribution in [0.25, 0.3) is 10.4 Å². The van der Waals surface area contributed by atoms with Gasteiger partial charge in [-0.2, -0.15) is 0 Å². The molecule has 0 aromatic heterocycles. The quantitative estimate of drug-likeness (QED) is 0.342.